The average molecular weight is 610 g/mol. The lowest BCUT2D eigenvalue weighted by atomic mass is 9.93. The van der Waals surface area contributed by atoms with Gasteiger partial charge in [0, 0.05) is 37.0 Å². The van der Waals surface area contributed by atoms with E-state index in [2.05, 4.69) is 0 Å². The number of thiophene rings is 1. The van der Waals surface area contributed by atoms with Crippen LogP contribution in [0.5, 0.6) is 5.75 Å². The van der Waals surface area contributed by atoms with E-state index in [9.17, 15) is 24.5 Å². The second-order valence-electron chi connectivity index (χ2n) is 11.3. The van der Waals surface area contributed by atoms with Gasteiger partial charge in [0.2, 0.25) is 0 Å². The van der Waals surface area contributed by atoms with Crippen molar-refractivity contribution in [3.05, 3.63) is 57.6 Å². The molecule has 1 fully saturated rings. The minimum atomic E-state index is -0.853. The molecule has 8 nitrogen and oxygen atoms in total. The van der Waals surface area contributed by atoms with Crippen LogP contribution in [-0.2, 0) is 4.79 Å². The molecule has 3 aromatic rings. The van der Waals surface area contributed by atoms with Gasteiger partial charge >= 0.3 is 0 Å². The molecule has 5 rings (SSSR count). The number of carbonyl (C=O) groups is 2. The number of nitrogen functional groups attached to an aromatic ring is 1. The predicted octanol–water partition coefficient (Wildman–Crippen LogP) is 5.89. The van der Waals surface area contributed by atoms with Gasteiger partial charge in [0.15, 0.2) is 5.75 Å². The first-order valence-corrected chi connectivity index (χ1v) is 14.3. The van der Waals surface area contributed by atoms with Crippen LogP contribution in [0.3, 0.4) is 0 Å². The number of hydrogen-bond donors (Lipinski definition) is 1. The molecule has 3 heterocycles. The lowest BCUT2D eigenvalue weighted by molar-refractivity contribution is -0.129. The Balaban J connectivity index is 1.51. The SMILES string of the molecule is CC(C)(C)/C=C(\C#N)C(=O)N1CCN2C(=O)c3cc(F)c(-c4ccc(F)c5sc(N)c(C#N)c45)c(Cl)c3OCC[C@H]2C1. The summed E-state index contributed by atoms with van der Waals surface area (Å²) in [4.78, 5) is 30.0. The maximum absolute atomic E-state index is 15.9. The zero-order valence-corrected chi connectivity index (χ0v) is 24.6. The normalized spacial score (nSPS) is 17.5. The lowest BCUT2D eigenvalue weighted by Gasteiger charge is -2.42. The van der Waals surface area contributed by atoms with Gasteiger partial charge in [-0.1, -0.05) is 44.5 Å². The monoisotopic (exact) mass is 609 g/mol. The predicted molar refractivity (Wildman–Crippen MR) is 156 cm³/mol. The van der Waals surface area contributed by atoms with Crippen LogP contribution in [0.2, 0.25) is 5.02 Å². The third kappa shape index (κ3) is 5.04. The number of nitrogens with two attached hydrogens (primary N) is 1. The van der Waals surface area contributed by atoms with E-state index in [4.69, 9.17) is 22.1 Å². The highest BCUT2D eigenvalue weighted by atomic mass is 35.5. The fourth-order valence-corrected chi connectivity index (χ4v) is 6.71. The number of amides is 2. The van der Waals surface area contributed by atoms with Crippen molar-refractivity contribution in [3.8, 4) is 29.0 Å². The molecule has 2 aromatic carbocycles. The van der Waals surface area contributed by atoms with Crippen LogP contribution in [0.25, 0.3) is 21.2 Å². The van der Waals surface area contributed by atoms with Gasteiger partial charge in [0.1, 0.15) is 34.3 Å². The van der Waals surface area contributed by atoms with Gasteiger partial charge in [-0.2, -0.15) is 10.5 Å². The Morgan fingerprint density at radius 2 is 1.95 bits per heavy atom. The van der Waals surface area contributed by atoms with Crippen molar-refractivity contribution in [1.82, 2.24) is 9.80 Å². The molecule has 2 aliphatic rings. The van der Waals surface area contributed by atoms with Crippen LogP contribution in [0, 0.1) is 39.7 Å². The highest BCUT2D eigenvalue weighted by Crippen LogP contribution is 2.47. The average Bonchev–Trinajstić information content (AvgIpc) is 3.28. The number of rotatable bonds is 2. The van der Waals surface area contributed by atoms with E-state index < -0.39 is 29.5 Å². The van der Waals surface area contributed by atoms with Crippen LogP contribution in [-0.4, -0.2) is 53.9 Å². The van der Waals surface area contributed by atoms with E-state index in [1.807, 2.05) is 32.9 Å². The summed E-state index contributed by atoms with van der Waals surface area (Å²) in [6, 6.07) is 7.02. The van der Waals surface area contributed by atoms with Crippen LogP contribution in [0.15, 0.2) is 29.8 Å². The Kier molecular flexibility index (Phi) is 7.61. The molecule has 0 unspecified atom stereocenters. The Morgan fingerprint density at radius 3 is 2.62 bits per heavy atom. The highest BCUT2D eigenvalue weighted by molar-refractivity contribution is 7.23. The molecule has 0 saturated carbocycles. The molecule has 42 heavy (non-hydrogen) atoms. The number of anilines is 1. The number of ether oxygens (including phenoxy) is 1. The number of allylic oxidation sites excluding steroid dienone is 1. The summed E-state index contributed by atoms with van der Waals surface area (Å²) >= 11 is 7.59. The second-order valence-corrected chi connectivity index (χ2v) is 12.7. The Bertz CT molecular complexity index is 1770. The van der Waals surface area contributed by atoms with Crippen molar-refractivity contribution in [1.29, 1.82) is 10.5 Å². The lowest BCUT2D eigenvalue weighted by Crippen LogP contribution is -2.57. The number of nitriles is 2. The summed E-state index contributed by atoms with van der Waals surface area (Å²) in [5, 5.41) is 19.3. The maximum Gasteiger partial charge on any atom is 0.264 e. The summed E-state index contributed by atoms with van der Waals surface area (Å²) in [7, 11) is 0. The quantitative estimate of drug-likeness (QED) is 0.286. The first-order chi connectivity index (χ1) is 19.9. The number of nitrogens with zero attached hydrogens (tertiary/aromatic N) is 4. The summed E-state index contributed by atoms with van der Waals surface area (Å²) < 4.78 is 36.5. The van der Waals surface area contributed by atoms with Crippen molar-refractivity contribution in [2.24, 2.45) is 5.41 Å². The molecule has 2 N–H and O–H groups in total. The fourth-order valence-electron chi connectivity index (χ4n) is 5.41. The van der Waals surface area contributed by atoms with Gasteiger partial charge in [-0.3, -0.25) is 9.59 Å². The number of benzene rings is 2. The van der Waals surface area contributed by atoms with Gasteiger partial charge < -0.3 is 20.3 Å². The molecule has 0 radical (unpaired) electrons. The molecular weight excluding hydrogens is 584 g/mol. The van der Waals surface area contributed by atoms with Crippen molar-refractivity contribution in [2.45, 2.75) is 33.2 Å². The van der Waals surface area contributed by atoms with E-state index in [0.29, 0.717) is 6.42 Å². The van der Waals surface area contributed by atoms with E-state index >= 15 is 4.39 Å². The van der Waals surface area contributed by atoms with Gasteiger partial charge in [-0.25, -0.2) is 8.78 Å². The summed E-state index contributed by atoms with van der Waals surface area (Å²) in [5.74, 6) is -2.40. The molecule has 0 aliphatic carbocycles. The van der Waals surface area contributed by atoms with Crippen LogP contribution in [0.4, 0.5) is 13.8 Å². The minimum absolute atomic E-state index is 0.0101. The molecule has 216 valence electrons. The van der Waals surface area contributed by atoms with E-state index in [-0.39, 0.29) is 85.3 Å². The van der Waals surface area contributed by atoms with Crippen molar-refractivity contribution >= 4 is 49.8 Å². The molecule has 2 aliphatic heterocycles. The molecule has 1 atom stereocenters. The Labute approximate surface area is 250 Å². The van der Waals surface area contributed by atoms with Crippen molar-refractivity contribution < 1.29 is 23.1 Å². The summed E-state index contributed by atoms with van der Waals surface area (Å²) in [5.41, 5.74) is 5.56. The number of piperazine rings is 1. The molecular formula is C30H26ClF2N5O3S. The topological polar surface area (TPSA) is 123 Å². The molecule has 1 aromatic heterocycles. The van der Waals surface area contributed by atoms with Gasteiger partial charge in [0.05, 0.1) is 33.5 Å². The van der Waals surface area contributed by atoms with E-state index in [0.717, 1.165) is 23.5 Å². The number of fused-ring (bicyclic) bond motifs is 3. The van der Waals surface area contributed by atoms with Gasteiger partial charge in [-0.15, -0.1) is 11.3 Å². The number of halogens is 3. The van der Waals surface area contributed by atoms with Crippen molar-refractivity contribution in [2.75, 3.05) is 32.0 Å². The summed E-state index contributed by atoms with van der Waals surface area (Å²) in [6.07, 6.45) is 1.98. The summed E-state index contributed by atoms with van der Waals surface area (Å²) in [6.45, 7) is 6.33. The van der Waals surface area contributed by atoms with Crippen molar-refractivity contribution in [3.63, 3.8) is 0 Å². The third-order valence-corrected chi connectivity index (χ3v) is 8.65. The van der Waals surface area contributed by atoms with Crippen LogP contribution < -0.4 is 10.5 Å². The van der Waals surface area contributed by atoms with Crippen LogP contribution >= 0.6 is 22.9 Å². The smallest absolute Gasteiger partial charge is 0.264 e. The second kappa shape index (κ2) is 10.9. The molecule has 1 saturated heterocycles. The molecule has 2 amide bonds. The molecule has 0 bridgehead atoms. The first kappa shape index (κ1) is 29.3. The Hall–Kier alpha value is -4.19. The minimum Gasteiger partial charge on any atom is -0.491 e. The number of carbonyl (C=O) groups excluding carboxylic acids is 2. The molecule has 12 heteroatoms. The Morgan fingerprint density at radius 1 is 1.21 bits per heavy atom. The van der Waals surface area contributed by atoms with Gasteiger partial charge in [-0.05, 0) is 23.1 Å². The largest absolute Gasteiger partial charge is 0.491 e. The highest BCUT2D eigenvalue weighted by Gasteiger charge is 2.38. The number of hydrogen-bond acceptors (Lipinski definition) is 7. The molecule has 0 spiro atoms. The van der Waals surface area contributed by atoms with E-state index in [1.54, 1.807) is 15.9 Å². The first-order valence-electron chi connectivity index (χ1n) is 13.1. The van der Waals surface area contributed by atoms with Gasteiger partial charge in [0.25, 0.3) is 11.8 Å². The van der Waals surface area contributed by atoms with Crippen LogP contribution in [0.1, 0.15) is 43.1 Å². The standard InChI is InChI=1S/C30H26ClF2N5O3S/c1-30(2,3)11-15(12-34)28(39)37-7-8-38-16(14-37)6-9-41-25-18(29(38)40)10-21(33)23(24(25)31)17-4-5-20(32)26-22(17)19(13-35)27(36)42-26/h4-5,10-11,16H,6-9,14,36H2,1-3H3/b15-11+/t16-/m0/s1. The zero-order chi connectivity index (χ0) is 30.5. The zero-order valence-electron chi connectivity index (χ0n) is 23.1. The van der Waals surface area contributed by atoms with E-state index in [1.165, 1.54) is 6.07 Å². The maximum atomic E-state index is 15.9. The third-order valence-electron chi connectivity index (χ3n) is 7.26. The fraction of sp³-hybridized carbons (Fsp3) is 0.333.